The lowest BCUT2D eigenvalue weighted by atomic mass is 9.77. The van der Waals surface area contributed by atoms with E-state index in [2.05, 4.69) is 19.1 Å². The molecule has 1 fully saturated rings. The van der Waals surface area contributed by atoms with Gasteiger partial charge >= 0.3 is 6.09 Å². The highest BCUT2D eigenvalue weighted by atomic mass is 16.6. The standard InChI is InChI=1S/C24H39NO4/c1-19(24(2,3)29-23(25)26)17-20-11-13-22(14-12-20)28-16-8-7-15-27-18-21-9-5-4-6-10-21/h4-6,9-10,19-20,22H,7-8,11-18H2,1-3H3,(H2,25,26)/t19?,20-,22-. The Hall–Kier alpha value is -1.59. The molecule has 5 heteroatoms. The van der Waals surface area contributed by atoms with Crippen molar-refractivity contribution < 1.29 is 19.0 Å². The summed E-state index contributed by atoms with van der Waals surface area (Å²) in [5.41, 5.74) is 5.90. The first-order valence-electron chi connectivity index (χ1n) is 11.1. The summed E-state index contributed by atoms with van der Waals surface area (Å²) in [6.45, 7) is 8.32. The first-order chi connectivity index (χ1) is 13.9. The number of amides is 1. The molecule has 0 aliphatic heterocycles. The van der Waals surface area contributed by atoms with Gasteiger partial charge in [0, 0.05) is 13.2 Å². The molecule has 1 aliphatic carbocycles. The van der Waals surface area contributed by atoms with Crippen LogP contribution >= 0.6 is 0 Å². The second-order valence-corrected chi connectivity index (χ2v) is 8.92. The summed E-state index contributed by atoms with van der Waals surface area (Å²) in [5.74, 6) is 0.959. The van der Waals surface area contributed by atoms with Gasteiger partial charge in [-0.05, 0) is 76.2 Å². The molecule has 0 radical (unpaired) electrons. The van der Waals surface area contributed by atoms with Crippen LogP contribution in [-0.4, -0.2) is 31.0 Å². The molecule has 1 saturated carbocycles. The van der Waals surface area contributed by atoms with E-state index in [4.69, 9.17) is 19.9 Å². The van der Waals surface area contributed by atoms with Crippen LogP contribution in [0.15, 0.2) is 30.3 Å². The van der Waals surface area contributed by atoms with Crippen molar-refractivity contribution >= 4 is 6.09 Å². The minimum absolute atomic E-state index is 0.286. The minimum atomic E-state index is -0.690. The van der Waals surface area contributed by atoms with Crippen LogP contribution < -0.4 is 5.73 Å². The number of unbranched alkanes of at least 4 members (excludes halogenated alkanes) is 1. The van der Waals surface area contributed by atoms with E-state index in [0.717, 1.165) is 45.3 Å². The van der Waals surface area contributed by atoms with Gasteiger partial charge in [-0.1, -0.05) is 37.3 Å². The Balaban J connectivity index is 1.51. The lowest BCUT2D eigenvalue weighted by Gasteiger charge is -2.35. The van der Waals surface area contributed by atoms with E-state index in [1.807, 2.05) is 32.0 Å². The van der Waals surface area contributed by atoms with Crippen molar-refractivity contribution in [3.8, 4) is 0 Å². The fourth-order valence-electron chi connectivity index (χ4n) is 4.00. The maximum Gasteiger partial charge on any atom is 0.405 e. The largest absolute Gasteiger partial charge is 0.443 e. The van der Waals surface area contributed by atoms with Gasteiger partial charge < -0.3 is 19.9 Å². The van der Waals surface area contributed by atoms with E-state index >= 15 is 0 Å². The third-order valence-corrected chi connectivity index (χ3v) is 6.18. The summed E-state index contributed by atoms with van der Waals surface area (Å²) >= 11 is 0. The number of benzene rings is 1. The van der Waals surface area contributed by atoms with Gasteiger partial charge in [0.05, 0.1) is 12.7 Å². The molecule has 2 N–H and O–H groups in total. The average molecular weight is 406 g/mol. The van der Waals surface area contributed by atoms with Crippen LogP contribution in [-0.2, 0) is 20.8 Å². The highest BCUT2D eigenvalue weighted by molar-refractivity contribution is 5.65. The monoisotopic (exact) mass is 405 g/mol. The number of rotatable bonds is 12. The van der Waals surface area contributed by atoms with Gasteiger partial charge in [0.2, 0.25) is 0 Å². The van der Waals surface area contributed by atoms with Gasteiger partial charge in [-0.2, -0.15) is 0 Å². The molecule has 0 saturated heterocycles. The minimum Gasteiger partial charge on any atom is -0.443 e. The Morgan fingerprint density at radius 3 is 2.41 bits per heavy atom. The van der Waals surface area contributed by atoms with Crippen molar-refractivity contribution in [2.24, 2.45) is 17.6 Å². The van der Waals surface area contributed by atoms with Crippen molar-refractivity contribution in [3.63, 3.8) is 0 Å². The average Bonchev–Trinajstić information content (AvgIpc) is 2.68. The molecular formula is C24H39NO4. The van der Waals surface area contributed by atoms with Crippen molar-refractivity contribution in [1.82, 2.24) is 0 Å². The van der Waals surface area contributed by atoms with E-state index in [-0.39, 0.29) is 5.92 Å². The summed E-state index contributed by atoms with van der Waals surface area (Å²) < 4.78 is 17.1. The number of carbonyl (C=O) groups excluding carboxylic acids is 1. The van der Waals surface area contributed by atoms with Gasteiger partial charge in [-0.15, -0.1) is 0 Å². The number of nitrogens with two attached hydrogens (primary N) is 1. The van der Waals surface area contributed by atoms with E-state index < -0.39 is 11.7 Å². The molecule has 2 rings (SSSR count). The van der Waals surface area contributed by atoms with Crippen molar-refractivity contribution in [1.29, 1.82) is 0 Å². The molecule has 5 nitrogen and oxygen atoms in total. The van der Waals surface area contributed by atoms with Crippen LogP contribution in [0.4, 0.5) is 4.79 Å². The second kappa shape index (κ2) is 12.2. The van der Waals surface area contributed by atoms with Crippen molar-refractivity contribution in [2.45, 2.75) is 84.0 Å². The van der Waals surface area contributed by atoms with Crippen LogP contribution in [0, 0.1) is 11.8 Å². The van der Waals surface area contributed by atoms with Crippen LogP contribution in [0.3, 0.4) is 0 Å². The van der Waals surface area contributed by atoms with Gasteiger partial charge in [0.15, 0.2) is 0 Å². The molecule has 1 amide bonds. The summed E-state index contributed by atoms with van der Waals surface area (Å²) in [5, 5.41) is 0. The van der Waals surface area contributed by atoms with E-state index in [9.17, 15) is 4.79 Å². The molecule has 0 heterocycles. The molecule has 1 aromatic rings. The predicted molar refractivity (Wildman–Crippen MR) is 116 cm³/mol. The third kappa shape index (κ3) is 9.18. The lowest BCUT2D eigenvalue weighted by Crippen LogP contribution is -2.38. The van der Waals surface area contributed by atoms with E-state index in [1.54, 1.807) is 0 Å². The van der Waals surface area contributed by atoms with Crippen LogP contribution in [0.2, 0.25) is 0 Å². The van der Waals surface area contributed by atoms with Crippen LogP contribution in [0.1, 0.15) is 71.3 Å². The van der Waals surface area contributed by atoms with Gasteiger partial charge in [-0.25, -0.2) is 4.79 Å². The zero-order valence-electron chi connectivity index (χ0n) is 18.4. The lowest BCUT2D eigenvalue weighted by molar-refractivity contribution is -0.0158. The number of primary amides is 1. The number of hydrogen-bond acceptors (Lipinski definition) is 4. The molecule has 0 aromatic heterocycles. The Kier molecular flexibility index (Phi) is 9.95. The first kappa shape index (κ1) is 23.7. The van der Waals surface area contributed by atoms with Crippen LogP contribution in [0.5, 0.6) is 0 Å². The fourth-order valence-corrected chi connectivity index (χ4v) is 4.00. The molecule has 1 atom stereocenters. The molecule has 0 spiro atoms. The Morgan fingerprint density at radius 1 is 1.10 bits per heavy atom. The normalized spacial score (nSPS) is 20.9. The summed E-state index contributed by atoms with van der Waals surface area (Å²) in [6, 6.07) is 10.3. The topological polar surface area (TPSA) is 70.8 Å². The smallest absolute Gasteiger partial charge is 0.405 e. The number of hydrogen-bond donors (Lipinski definition) is 1. The number of carbonyl (C=O) groups is 1. The fraction of sp³-hybridized carbons (Fsp3) is 0.708. The summed E-state index contributed by atoms with van der Waals surface area (Å²) in [7, 11) is 0. The quantitative estimate of drug-likeness (QED) is 0.469. The second-order valence-electron chi connectivity index (χ2n) is 8.92. The highest BCUT2D eigenvalue weighted by Gasteiger charge is 2.32. The van der Waals surface area contributed by atoms with Gasteiger partial charge in [0.25, 0.3) is 0 Å². The van der Waals surface area contributed by atoms with E-state index in [1.165, 1.54) is 18.4 Å². The molecular weight excluding hydrogens is 366 g/mol. The Morgan fingerprint density at radius 2 is 1.76 bits per heavy atom. The Bertz CT molecular complexity index is 582. The van der Waals surface area contributed by atoms with Crippen molar-refractivity contribution in [2.75, 3.05) is 13.2 Å². The molecule has 1 unspecified atom stereocenters. The summed E-state index contributed by atoms with van der Waals surface area (Å²) in [6.07, 6.45) is 7.46. The highest BCUT2D eigenvalue weighted by Crippen LogP contribution is 2.35. The molecule has 29 heavy (non-hydrogen) atoms. The predicted octanol–water partition coefficient (Wildman–Crippen LogP) is 5.46. The van der Waals surface area contributed by atoms with E-state index in [0.29, 0.717) is 18.6 Å². The Labute approximate surface area is 176 Å². The third-order valence-electron chi connectivity index (χ3n) is 6.18. The van der Waals surface area contributed by atoms with Crippen LogP contribution in [0.25, 0.3) is 0 Å². The maximum absolute atomic E-state index is 11.1. The molecule has 164 valence electrons. The molecule has 0 bridgehead atoms. The molecule has 1 aromatic carbocycles. The number of ether oxygens (including phenoxy) is 3. The van der Waals surface area contributed by atoms with Crippen molar-refractivity contribution in [3.05, 3.63) is 35.9 Å². The molecule has 1 aliphatic rings. The summed E-state index contributed by atoms with van der Waals surface area (Å²) in [4.78, 5) is 11.1. The first-order valence-corrected chi connectivity index (χ1v) is 11.1. The maximum atomic E-state index is 11.1. The zero-order chi connectivity index (χ0) is 21.1. The zero-order valence-corrected chi connectivity index (χ0v) is 18.4. The van der Waals surface area contributed by atoms with Gasteiger partial charge in [-0.3, -0.25) is 0 Å². The SMILES string of the molecule is CC(C[C@H]1CC[C@H](OCCCCOCc2ccccc2)CC1)C(C)(C)OC(N)=O. The van der Waals surface area contributed by atoms with Gasteiger partial charge in [0.1, 0.15) is 5.60 Å².